The number of hydrogen-bond donors (Lipinski definition) is 3. The third-order valence-electron chi connectivity index (χ3n) is 3.30. The Labute approximate surface area is 123 Å². The number of aliphatic hydroxyl groups excluding tert-OH is 1. The molecule has 1 amide bonds. The molecule has 7 nitrogen and oxygen atoms in total. The van der Waals surface area contributed by atoms with Crippen molar-refractivity contribution in [2.75, 3.05) is 11.9 Å². The van der Waals surface area contributed by atoms with Gasteiger partial charge in [-0.2, -0.15) is 0 Å². The summed E-state index contributed by atoms with van der Waals surface area (Å²) in [6.45, 7) is 7.29. The molecular formula is C14H21N3O4. The number of benzene rings is 1. The van der Waals surface area contributed by atoms with E-state index in [-0.39, 0.29) is 22.8 Å². The average molecular weight is 295 g/mol. The molecule has 21 heavy (non-hydrogen) atoms. The van der Waals surface area contributed by atoms with Crippen LogP contribution in [0.25, 0.3) is 0 Å². The Hall–Kier alpha value is -2.15. The Morgan fingerprint density at radius 2 is 2.10 bits per heavy atom. The predicted octanol–water partition coefficient (Wildman–Crippen LogP) is 1.92. The maximum Gasteiger partial charge on any atom is 0.293 e. The van der Waals surface area contributed by atoms with E-state index in [4.69, 9.17) is 0 Å². The van der Waals surface area contributed by atoms with E-state index >= 15 is 0 Å². The number of carbonyl (C=O) groups is 1. The maximum atomic E-state index is 11.7. The van der Waals surface area contributed by atoms with E-state index in [0.717, 1.165) is 0 Å². The van der Waals surface area contributed by atoms with Crippen molar-refractivity contribution in [1.29, 1.82) is 0 Å². The van der Waals surface area contributed by atoms with Crippen LogP contribution in [0.2, 0.25) is 0 Å². The number of nitrogens with zero attached hydrogens (tertiary/aromatic N) is 1. The zero-order valence-corrected chi connectivity index (χ0v) is 12.6. The maximum absolute atomic E-state index is 11.7. The molecule has 0 saturated carbocycles. The van der Waals surface area contributed by atoms with Gasteiger partial charge in [0.2, 0.25) is 0 Å². The SMILES string of the molecule is CCNC(=O)c1ccc(NC(C)(C)C(C)O)c([N+](=O)[O-])c1. The Morgan fingerprint density at radius 1 is 1.48 bits per heavy atom. The molecule has 0 saturated heterocycles. The second-order valence-corrected chi connectivity index (χ2v) is 5.37. The molecule has 0 spiro atoms. The molecule has 0 fully saturated rings. The number of aliphatic hydroxyl groups is 1. The minimum absolute atomic E-state index is 0.201. The van der Waals surface area contributed by atoms with Gasteiger partial charge in [0.25, 0.3) is 11.6 Å². The van der Waals surface area contributed by atoms with Gasteiger partial charge in [0.1, 0.15) is 5.69 Å². The van der Waals surface area contributed by atoms with Gasteiger partial charge >= 0.3 is 0 Å². The van der Waals surface area contributed by atoms with Gasteiger partial charge in [-0.15, -0.1) is 0 Å². The van der Waals surface area contributed by atoms with Crippen LogP contribution in [-0.4, -0.2) is 34.1 Å². The number of amides is 1. The standard InChI is InChI=1S/C14H21N3O4/c1-5-15-13(19)10-6-7-11(12(8-10)17(20)21)16-14(3,4)9(2)18/h6-9,16,18H,5H2,1-4H3,(H,15,19). The van der Waals surface area contributed by atoms with Crippen LogP contribution in [0.3, 0.4) is 0 Å². The van der Waals surface area contributed by atoms with Gasteiger partial charge in [0.05, 0.1) is 16.6 Å². The van der Waals surface area contributed by atoms with Crippen molar-refractivity contribution in [1.82, 2.24) is 5.32 Å². The quantitative estimate of drug-likeness (QED) is 0.549. The summed E-state index contributed by atoms with van der Waals surface area (Å²) >= 11 is 0. The smallest absolute Gasteiger partial charge is 0.293 e. The summed E-state index contributed by atoms with van der Waals surface area (Å²) in [6.07, 6.45) is -0.708. The molecular weight excluding hydrogens is 274 g/mol. The normalized spacial score (nSPS) is 12.6. The molecule has 0 bridgehead atoms. The van der Waals surface area contributed by atoms with E-state index in [0.29, 0.717) is 6.54 Å². The number of nitrogens with one attached hydrogen (secondary N) is 2. The molecule has 3 N–H and O–H groups in total. The lowest BCUT2D eigenvalue weighted by molar-refractivity contribution is -0.384. The summed E-state index contributed by atoms with van der Waals surface area (Å²) in [7, 11) is 0. The molecule has 0 radical (unpaired) electrons. The Morgan fingerprint density at radius 3 is 2.57 bits per heavy atom. The first kappa shape index (κ1) is 16.9. The third kappa shape index (κ3) is 4.16. The highest BCUT2D eigenvalue weighted by atomic mass is 16.6. The van der Waals surface area contributed by atoms with Crippen LogP contribution >= 0.6 is 0 Å². The van der Waals surface area contributed by atoms with Crippen molar-refractivity contribution >= 4 is 17.3 Å². The molecule has 1 aromatic carbocycles. The fraction of sp³-hybridized carbons (Fsp3) is 0.500. The fourth-order valence-corrected chi connectivity index (χ4v) is 1.64. The number of nitro benzene ring substituents is 1. The molecule has 1 unspecified atom stereocenters. The minimum atomic E-state index is -0.738. The summed E-state index contributed by atoms with van der Waals surface area (Å²) in [5.74, 6) is -0.359. The van der Waals surface area contributed by atoms with Crippen molar-refractivity contribution in [3.63, 3.8) is 0 Å². The van der Waals surface area contributed by atoms with Gasteiger partial charge in [-0.1, -0.05) is 0 Å². The van der Waals surface area contributed by atoms with E-state index < -0.39 is 16.6 Å². The van der Waals surface area contributed by atoms with Crippen LogP contribution in [0.1, 0.15) is 38.1 Å². The number of anilines is 1. The highest BCUT2D eigenvalue weighted by Crippen LogP contribution is 2.29. The molecule has 1 rings (SSSR count). The number of carbonyl (C=O) groups excluding carboxylic acids is 1. The zero-order chi connectivity index (χ0) is 16.2. The fourth-order valence-electron chi connectivity index (χ4n) is 1.64. The van der Waals surface area contributed by atoms with E-state index in [2.05, 4.69) is 10.6 Å². The van der Waals surface area contributed by atoms with Crippen LogP contribution in [0.4, 0.5) is 11.4 Å². The van der Waals surface area contributed by atoms with Crippen LogP contribution in [0.15, 0.2) is 18.2 Å². The second-order valence-electron chi connectivity index (χ2n) is 5.37. The van der Waals surface area contributed by atoms with Crippen molar-refractivity contribution < 1.29 is 14.8 Å². The van der Waals surface area contributed by atoms with E-state index in [1.165, 1.54) is 18.2 Å². The second kappa shape index (κ2) is 6.53. The molecule has 1 atom stereocenters. The Balaban J connectivity index is 3.17. The number of rotatable bonds is 6. The summed E-state index contributed by atoms with van der Waals surface area (Å²) in [5.41, 5.74) is -0.451. The lowest BCUT2D eigenvalue weighted by Gasteiger charge is -2.30. The van der Waals surface area contributed by atoms with Gasteiger partial charge in [0.15, 0.2) is 0 Å². The first-order chi connectivity index (χ1) is 9.69. The molecule has 116 valence electrons. The van der Waals surface area contributed by atoms with Gasteiger partial charge < -0.3 is 15.7 Å². The molecule has 0 aromatic heterocycles. The van der Waals surface area contributed by atoms with Crippen LogP contribution in [-0.2, 0) is 0 Å². The van der Waals surface area contributed by atoms with Crippen LogP contribution in [0.5, 0.6) is 0 Å². The molecule has 0 aliphatic rings. The topological polar surface area (TPSA) is 104 Å². The van der Waals surface area contributed by atoms with Crippen molar-refractivity contribution in [2.24, 2.45) is 0 Å². The molecule has 0 aliphatic carbocycles. The summed E-state index contributed by atoms with van der Waals surface area (Å²) in [4.78, 5) is 22.4. The Kier molecular flexibility index (Phi) is 5.26. The third-order valence-corrected chi connectivity index (χ3v) is 3.30. The van der Waals surface area contributed by atoms with Crippen molar-refractivity contribution in [2.45, 2.75) is 39.3 Å². The molecule has 1 aromatic rings. The monoisotopic (exact) mass is 295 g/mol. The minimum Gasteiger partial charge on any atom is -0.391 e. The van der Waals surface area contributed by atoms with Gasteiger partial charge in [-0.05, 0) is 39.8 Å². The van der Waals surface area contributed by atoms with E-state index in [9.17, 15) is 20.0 Å². The van der Waals surface area contributed by atoms with Gasteiger partial charge in [0, 0.05) is 18.2 Å². The van der Waals surface area contributed by atoms with Gasteiger partial charge in [-0.3, -0.25) is 14.9 Å². The Bertz CT molecular complexity index is 541. The van der Waals surface area contributed by atoms with E-state index in [1.807, 2.05) is 0 Å². The van der Waals surface area contributed by atoms with E-state index in [1.54, 1.807) is 27.7 Å². The zero-order valence-electron chi connectivity index (χ0n) is 12.6. The van der Waals surface area contributed by atoms with Crippen LogP contribution < -0.4 is 10.6 Å². The van der Waals surface area contributed by atoms with Gasteiger partial charge in [-0.25, -0.2) is 0 Å². The lowest BCUT2D eigenvalue weighted by atomic mass is 9.98. The molecule has 0 aliphatic heterocycles. The summed E-state index contributed by atoms with van der Waals surface area (Å²) in [5, 5.41) is 26.4. The highest BCUT2D eigenvalue weighted by Gasteiger charge is 2.27. The molecule has 7 heteroatoms. The lowest BCUT2D eigenvalue weighted by Crippen LogP contribution is -2.42. The highest BCUT2D eigenvalue weighted by molar-refractivity contribution is 5.95. The predicted molar refractivity (Wildman–Crippen MR) is 80.5 cm³/mol. The van der Waals surface area contributed by atoms with Crippen molar-refractivity contribution in [3.8, 4) is 0 Å². The number of nitro groups is 1. The summed E-state index contributed by atoms with van der Waals surface area (Å²) < 4.78 is 0. The first-order valence-electron chi connectivity index (χ1n) is 6.72. The number of hydrogen-bond acceptors (Lipinski definition) is 5. The summed E-state index contributed by atoms with van der Waals surface area (Å²) in [6, 6.07) is 4.22. The van der Waals surface area contributed by atoms with Crippen LogP contribution in [0, 0.1) is 10.1 Å². The average Bonchev–Trinajstić information content (AvgIpc) is 2.38. The van der Waals surface area contributed by atoms with Crippen molar-refractivity contribution in [3.05, 3.63) is 33.9 Å². The largest absolute Gasteiger partial charge is 0.391 e. The molecule has 0 heterocycles. The first-order valence-corrected chi connectivity index (χ1v) is 6.72.